The van der Waals surface area contributed by atoms with Crippen molar-refractivity contribution in [3.63, 3.8) is 0 Å². The zero-order valence-electron chi connectivity index (χ0n) is 22.8. The molecule has 1 N–H and O–H groups in total. The normalized spacial score (nSPS) is 16.7. The summed E-state index contributed by atoms with van der Waals surface area (Å²) in [5.41, 5.74) is 0.349. The molecule has 0 unspecified atom stereocenters. The van der Waals surface area contributed by atoms with Crippen LogP contribution < -0.4 is 0 Å². The Morgan fingerprint density at radius 3 is 2.55 bits per heavy atom. The number of nitrogens with zero attached hydrogens (tertiary/aromatic N) is 1. The molecule has 0 bridgehead atoms. The SMILES string of the molecule is CCC(C)(CC)C(=O)OCCOC(=O)CCCSCCN1C(=O)CC[C@@H]1C=C[C@@H](O)Cc1ccc(F)cc1. The first-order chi connectivity index (χ1) is 18.2. The van der Waals surface area contributed by atoms with E-state index in [1.165, 1.54) is 12.1 Å². The molecule has 1 saturated heterocycles. The Labute approximate surface area is 230 Å². The summed E-state index contributed by atoms with van der Waals surface area (Å²) < 4.78 is 23.4. The van der Waals surface area contributed by atoms with Crippen molar-refractivity contribution in [2.24, 2.45) is 5.41 Å². The van der Waals surface area contributed by atoms with Gasteiger partial charge in [0.1, 0.15) is 19.0 Å². The van der Waals surface area contributed by atoms with E-state index < -0.39 is 11.5 Å². The molecule has 2 atom stereocenters. The summed E-state index contributed by atoms with van der Waals surface area (Å²) in [5, 5.41) is 10.3. The number of benzene rings is 1. The highest BCUT2D eigenvalue weighted by Gasteiger charge is 2.31. The van der Waals surface area contributed by atoms with Crippen LogP contribution in [0.15, 0.2) is 36.4 Å². The van der Waals surface area contributed by atoms with Crippen molar-refractivity contribution in [3.8, 4) is 0 Å². The van der Waals surface area contributed by atoms with Crippen molar-refractivity contribution in [2.45, 2.75) is 77.9 Å². The van der Waals surface area contributed by atoms with Crippen molar-refractivity contribution in [1.29, 1.82) is 0 Å². The molecule has 1 aromatic carbocycles. The molecule has 212 valence electrons. The van der Waals surface area contributed by atoms with E-state index in [-0.39, 0.29) is 42.9 Å². The lowest BCUT2D eigenvalue weighted by Gasteiger charge is -2.23. The lowest BCUT2D eigenvalue weighted by molar-refractivity contribution is -0.160. The molecule has 0 radical (unpaired) electrons. The molecule has 0 saturated carbocycles. The molecular formula is C29H42FNO6S. The number of hydrogen-bond donors (Lipinski definition) is 1. The number of esters is 2. The Bertz CT molecular complexity index is 918. The van der Waals surface area contributed by atoms with E-state index in [1.807, 2.05) is 31.7 Å². The van der Waals surface area contributed by atoms with Gasteiger partial charge in [0.2, 0.25) is 5.91 Å². The number of aliphatic hydroxyl groups is 1. The van der Waals surface area contributed by atoms with Gasteiger partial charge in [-0.15, -0.1) is 0 Å². The van der Waals surface area contributed by atoms with Crippen LogP contribution in [0.4, 0.5) is 4.39 Å². The molecule has 0 aliphatic carbocycles. The average Bonchev–Trinajstić information content (AvgIpc) is 3.26. The number of rotatable bonds is 17. The largest absolute Gasteiger partial charge is 0.462 e. The molecule has 1 aromatic rings. The number of carbonyl (C=O) groups is 3. The molecule has 1 heterocycles. The Hall–Kier alpha value is -2.39. The van der Waals surface area contributed by atoms with Crippen LogP contribution in [0.2, 0.25) is 0 Å². The van der Waals surface area contributed by atoms with Crippen LogP contribution in [-0.2, 0) is 30.3 Å². The lowest BCUT2D eigenvalue weighted by Crippen LogP contribution is -2.34. The van der Waals surface area contributed by atoms with Gasteiger partial charge >= 0.3 is 11.9 Å². The fourth-order valence-corrected chi connectivity index (χ4v) is 4.97. The highest BCUT2D eigenvalue weighted by Crippen LogP contribution is 2.27. The first-order valence-corrected chi connectivity index (χ1v) is 14.6. The zero-order chi connectivity index (χ0) is 28.0. The molecule has 9 heteroatoms. The fraction of sp³-hybridized carbons (Fsp3) is 0.621. The van der Waals surface area contributed by atoms with Gasteiger partial charge in [0.15, 0.2) is 0 Å². The smallest absolute Gasteiger partial charge is 0.311 e. The van der Waals surface area contributed by atoms with Crippen molar-refractivity contribution < 1.29 is 33.4 Å². The first-order valence-electron chi connectivity index (χ1n) is 13.5. The third-order valence-corrected chi connectivity index (χ3v) is 8.12. The molecule has 0 spiro atoms. The van der Waals surface area contributed by atoms with Crippen molar-refractivity contribution >= 4 is 29.6 Å². The second-order valence-corrected chi connectivity index (χ2v) is 11.0. The van der Waals surface area contributed by atoms with Crippen LogP contribution in [0, 0.1) is 11.2 Å². The van der Waals surface area contributed by atoms with E-state index in [4.69, 9.17) is 9.47 Å². The highest BCUT2D eigenvalue weighted by molar-refractivity contribution is 7.99. The predicted octanol–water partition coefficient (Wildman–Crippen LogP) is 4.70. The van der Waals surface area contributed by atoms with Crippen LogP contribution in [0.25, 0.3) is 0 Å². The van der Waals surface area contributed by atoms with Crippen molar-refractivity contribution in [2.75, 3.05) is 31.3 Å². The van der Waals surface area contributed by atoms with Crippen LogP contribution in [0.3, 0.4) is 0 Å². The van der Waals surface area contributed by atoms with Gasteiger partial charge in [0.05, 0.1) is 17.6 Å². The molecule has 7 nitrogen and oxygen atoms in total. The maximum absolute atomic E-state index is 13.0. The Kier molecular flexibility index (Phi) is 13.9. The first kappa shape index (κ1) is 31.8. The van der Waals surface area contributed by atoms with E-state index in [1.54, 1.807) is 30.0 Å². The molecule has 38 heavy (non-hydrogen) atoms. The number of aliphatic hydroxyl groups excluding tert-OH is 1. The van der Waals surface area contributed by atoms with Gasteiger partial charge in [-0.1, -0.05) is 38.1 Å². The van der Waals surface area contributed by atoms with Gasteiger partial charge in [0, 0.05) is 31.6 Å². The topological polar surface area (TPSA) is 93.1 Å². The third kappa shape index (κ3) is 10.8. The third-order valence-electron chi connectivity index (χ3n) is 7.07. The molecule has 1 aliphatic heterocycles. The Balaban J connectivity index is 1.59. The van der Waals surface area contributed by atoms with Gasteiger partial charge in [-0.2, -0.15) is 11.8 Å². The number of thioether (sulfide) groups is 1. The number of halogens is 1. The monoisotopic (exact) mass is 551 g/mol. The standard InChI is InChI=1S/C29H42FNO6S/c1-4-29(3,5-2)28(35)37-18-17-36-27(34)7-6-19-38-20-16-31-24(13-15-26(31)33)12-14-25(32)21-22-8-10-23(30)11-9-22/h8-12,14,24-25,32H,4-7,13,15-21H2,1-3H3/t24-,25+/m0/s1. The maximum atomic E-state index is 13.0. The number of amides is 1. The molecule has 1 aliphatic rings. The van der Waals surface area contributed by atoms with Crippen molar-refractivity contribution in [1.82, 2.24) is 4.90 Å². The Morgan fingerprint density at radius 1 is 1.18 bits per heavy atom. The second kappa shape index (κ2) is 16.5. The summed E-state index contributed by atoms with van der Waals surface area (Å²) in [4.78, 5) is 38.2. The molecule has 1 fully saturated rings. The zero-order valence-corrected chi connectivity index (χ0v) is 23.6. The van der Waals surface area contributed by atoms with E-state index in [2.05, 4.69) is 0 Å². The summed E-state index contributed by atoms with van der Waals surface area (Å²) in [6.07, 6.45) is 6.86. The minimum absolute atomic E-state index is 0.0393. The summed E-state index contributed by atoms with van der Waals surface area (Å²) in [6.45, 7) is 6.51. The summed E-state index contributed by atoms with van der Waals surface area (Å²) >= 11 is 1.68. The van der Waals surface area contributed by atoms with Crippen LogP contribution in [0.1, 0.15) is 64.9 Å². The Morgan fingerprint density at radius 2 is 1.87 bits per heavy atom. The summed E-state index contributed by atoms with van der Waals surface area (Å²) in [7, 11) is 0. The van der Waals surface area contributed by atoms with Gasteiger partial charge in [-0.3, -0.25) is 14.4 Å². The van der Waals surface area contributed by atoms with Crippen LogP contribution in [0.5, 0.6) is 0 Å². The fourth-order valence-electron chi connectivity index (χ4n) is 4.09. The number of ether oxygens (including phenoxy) is 2. The minimum atomic E-state index is -0.702. The lowest BCUT2D eigenvalue weighted by atomic mass is 9.85. The second-order valence-electron chi connectivity index (χ2n) is 9.82. The number of hydrogen-bond acceptors (Lipinski definition) is 7. The predicted molar refractivity (Wildman–Crippen MR) is 147 cm³/mol. The van der Waals surface area contributed by atoms with Crippen LogP contribution in [-0.4, -0.2) is 71.3 Å². The van der Waals surface area contributed by atoms with E-state index in [0.717, 1.165) is 23.5 Å². The van der Waals surface area contributed by atoms with Gasteiger partial charge < -0.3 is 19.5 Å². The van der Waals surface area contributed by atoms with Gasteiger partial charge in [-0.05, 0) is 56.1 Å². The van der Waals surface area contributed by atoms with E-state index >= 15 is 0 Å². The summed E-state index contributed by atoms with van der Waals surface area (Å²) in [6, 6.07) is 6.02. The van der Waals surface area contributed by atoms with Crippen molar-refractivity contribution in [3.05, 3.63) is 47.8 Å². The van der Waals surface area contributed by atoms with Crippen LogP contribution >= 0.6 is 11.8 Å². The highest BCUT2D eigenvalue weighted by atomic mass is 32.2. The minimum Gasteiger partial charge on any atom is -0.462 e. The molecule has 1 amide bonds. The van der Waals surface area contributed by atoms with E-state index in [9.17, 15) is 23.9 Å². The molecule has 0 aromatic heterocycles. The summed E-state index contributed by atoms with van der Waals surface area (Å²) in [5.74, 6) is 0.759. The number of likely N-dealkylation sites (tertiary alicyclic amines) is 1. The quantitative estimate of drug-likeness (QED) is 0.170. The van der Waals surface area contributed by atoms with Gasteiger partial charge in [0.25, 0.3) is 0 Å². The molecular weight excluding hydrogens is 509 g/mol. The maximum Gasteiger partial charge on any atom is 0.311 e. The van der Waals surface area contributed by atoms with Gasteiger partial charge in [-0.25, -0.2) is 4.39 Å². The number of carbonyl (C=O) groups excluding carboxylic acids is 3. The van der Waals surface area contributed by atoms with E-state index in [0.29, 0.717) is 45.1 Å². The molecule has 2 rings (SSSR count). The average molecular weight is 552 g/mol.